The van der Waals surface area contributed by atoms with E-state index in [0.29, 0.717) is 32.0 Å². The summed E-state index contributed by atoms with van der Waals surface area (Å²) in [6.45, 7) is 2.87. The van der Waals surface area contributed by atoms with E-state index in [1.54, 1.807) is 0 Å². The molecule has 0 radical (unpaired) electrons. The molecular weight excluding hydrogens is 236 g/mol. The number of urea groups is 1. The molecule has 0 atom stereocenters. The van der Waals surface area contributed by atoms with Crippen molar-refractivity contribution in [1.29, 1.82) is 0 Å². The Morgan fingerprint density at radius 3 is 2.39 bits per heavy atom. The van der Waals surface area contributed by atoms with Crippen LogP contribution in [-0.4, -0.2) is 41.9 Å². The van der Waals surface area contributed by atoms with Crippen LogP contribution in [0.15, 0.2) is 0 Å². The summed E-state index contributed by atoms with van der Waals surface area (Å²) in [5.41, 5.74) is -1.17. The van der Waals surface area contributed by atoms with Gasteiger partial charge in [-0.1, -0.05) is 6.92 Å². The molecule has 0 aromatic heterocycles. The third kappa shape index (κ3) is 2.75. The molecule has 2 fully saturated rings. The second-order valence-corrected chi connectivity index (χ2v) is 5.37. The molecule has 0 aromatic carbocycles. The lowest BCUT2D eigenvalue weighted by Gasteiger charge is -2.37. The lowest BCUT2D eigenvalue weighted by atomic mass is 9.82. The fraction of sp³-hybridized carbons (Fsp3) is 0.833. The average molecular weight is 256 g/mol. The molecule has 1 saturated heterocycles. The Kier molecular flexibility index (Phi) is 3.75. The Labute approximate surface area is 106 Å². The van der Waals surface area contributed by atoms with Crippen LogP contribution in [0.1, 0.15) is 32.6 Å². The fourth-order valence-electron chi connectivity index (χ4n) is 2.57. The van der Waals surface area contributed by atoms with Gasteiger partial charge in [-0.3, -0.25) is 0 Å². The van der Waals surface area contributed by atoms with Crippen molar-refractivity contribution in [2.45, 2.75) is 44.2 Å². The van der Waals surface area contributed by atoms with Gasteiger partial charge >= 0.3 is 12.0 Å². The number of carbonyl (C=O) groups excluding carboxylic acids is 1. The molecule has 1 saturated carbocycles. The number of aliphatic carboxylic acids is 1. The smallest absolute Gasteiger partial charge is 0.329 e. The van der Waals surface area contributed by atoms with Crippen molar-refractivity contribution in [3.63, 3.8) is 0 Å². The van der Waals surface area contributed by atoms with Gasteiger partial charge in [-0.25, -0.2) is 9.59 Å². The summed E-state index contributed by atoms with van der Waals surface area (Å²) in [4.78, 5) is 23.1. The summed E-state index contributed by atoms with van der Waals surface area (Å²) in [6.07, 6.45) is 2.57. The number of hydrogen-bond donors (Lipinski definition) is 3. The Morgan fingerprint density at radius 2 is 1.89 bits per heavy atom. The number of rotatable bonds is 3. The van der Waals surface area contributed by atoms with Crippen LogP contribution in [-0.2, 0) is 9.53 Å². The van der Waals surface area contributed by atoms with Crippen molar-refractivity contribution in [2.24, 2.45) is 5.92 Å². The maximum absolute atomic E-state index is 11.8. The first-order chi connectivity index (χ1) is 8.52. The molecule has 1 aliphatic heterocycles. The molecule has 1 aliphatic carbocycles. The zero-order valence-corrected chi connectivity index (χ0v) is 10.6. The highest BCUT2D eigenvalue weighted by atomic mass is 16.5. The minimum absolute atomic E-state index is 0.186. The SMILES string of the molecule is CC1CC(NC(=O)NC2(C(=O)O)CCOCC2)C1. The van der Waals surface area contributed by atoms with Gasteiger partial charge < -0.3 is 20.5 Å². The number of carboxylic acid groups (broad SMARTS) is 1. The summed E-state index contributed by atoms with van der Waals surface area (Å²) in [5.74, 6) is -0.338. The van der Waals surface area contributed by atoms with E-state index in [-0.39, 0.29) is 12.1 Å². The van der Waals surface area contributed by atoms with Gasteiger partial charge in [0.1, 0.15) is 5.54 Å². The van der Waals surface area contributed by atoms with Crippen LogP contribution < -0.4 is 10.6 Å². The molecule has 6 heteroatoms. The van der Waals surface area contributed by atoms with Gasteiger partial charge in [-0.2, -0.15) is 0 Å². The Balaban J connectivity index is 1.88. The van der Waals surface area contributed by atoms with Crippen LogP contribution in [0, 0.1) is 5.92 Å². The molecule has 2 amide bonds. The van der Waals surface area contributed by atoms with E-state index in [9.17, 15) is 14.7 Å². The van der Waals surface area contributed by atoms with Crippen molar-refractivity contribution < 1.29 is 19.4 Å². The number of ether oxygens (including phenoxy) is 1. The first kappa shape index (κ1) is 13.1. The molecule has 2 rings (SSSR count). The monoisotopic (exact) mass is 256 g/mol. The molecule has 1 heterocycles. The lowest BCUT2D eigenvalue weighted by molar-refractivity contribution is -0.148. The van der Waals surface area contributed by atoms with Crippen molar-refractivity contribution in [3.8, 4) is 0 Å². The highest BCUT2D eigenvalue weighted by Crippen LogP contribution is 2.26. The van der Waals surface area contributed by atoms with Gasteiger partial charge in [0.2, 0.25) is 0 Å². The molecule has 0 aromatic rings. The zero-order chi connectivity index (χ0) is 13.2. The Morgan fingerprint density at radius 1 is 1.28 bits per heavy atom. The largest absolute Gasteiger partial charge is 0.480 e. The van der Waals surface area contributed by atoms with Crippen LogP contribution in [0.2, 0.25) is 0 Å². The standard InChI is InChI=1S/C12H20N2O4/c1-8-6-9(7-8)13-11(17)14-12(10(15)16)2-4-18-5-3-12/h8-9H,2-7H2,1H3,(H,15,16)(H2,13,14,17). The highest BCUT2D eigenvalue weighted by Gasteiger charge is 2.42. The third-order valence-corrected chi connectivity index (χ3v) is 3.82. The quantitative estimate of drug-likeness (QED) is 0.694. The molecule has 0 spiro atoms. The zero-order valence-electron chi connectivity index (χ0n) is 10.6. The normalized spacial score (nSPS) is 30.1. The number of nitrogens with one attached hydrogen (secondary N) is 2. The van der Waals surface area contributed by atoms with E-state index in [4.69, 9.17) is 4.74 Å². The van der Waals surface area contributed by atoms with Crippen LogP contribution in [0.5, 0.6) is 0 Å². The highest BCUT2D eigenvalue weighted by molar-refractivity contribution is 5.86. The van der Waals surface area contributed by atoms with Gasteiger partial charge in [0.15, 0.2) is 0 Å². The second kappa shape index (κ2) is 5.14. The predicted octanol–water partition coefficient (Wildman–Crippen LogP) is 0.718. The maximum Gasteiger partial charge on any atom is 0.329 e. The molecule has 6 nitrogen and oxygen atoms in total. The van der Waals surface area contributed by atoms with Crippen molar-refractivity contribution in [1.82, 2.24) is 10.6 Å². The summed E-state index contributed by atoms with van der Waals surface area (Å²) < 4.78 is 5.15. The predicted molar refractivity (Wildman–Crippen MR) is 64.3 cm³/mol. The van der Waals surface area contributed by atoms with Crippen LogP contribution in [0.3, 0.4) is 0 Å². The van der Waals surface area contributed by atoms with Crippen LogP contribution in [0.25, 0.3) is 0 Å². The van der Waals surface area contributed by atoms with Gasteiger partial charge in [-0.15, -0.1) is 0 Å². The van der Waals surface area contributed by atoms with Crippen molar-refractivity contribution in [3.05, 3.63) is 0 Å². The van der Waals surface area contributed by atoms with E-state index in [1.807, 2.05) is 0 Å². The molecule has 0 bridgehead atoms. The van der Waals surface area contributed by atoms with Gasteiger partial charge in [-0.05, 0) is 18.8 Å². The van der Waals surface area contributed by atoms with Gasteiger partial charge in [0, 0.05) is 32.1 Å². The molecule has 18 heavy (non-hydrogen) atoms. The van der Waals surface area contributed by atoms with Crippen LogP contribution in [0.4, 0.5) is 4.79 Å². The first-order valence-electron chi connectivity index (χ1n) is 6.42. The number of hydrogen-bond acceptors (Lipinski definition) is 3. The van der Waals surface area contributed by atoms with E-state index < -0.39 is 11.5 Å². The molecule has 0 unspecified atom stereocenters. The summed E-state index contributed by atoms with van der Waals surface area (Å²) in [6, 6.07) is -0.193. The molecule has 3 N–H and O–H groups in total. The van der Waals surface area contributed by atoms with Crippen LogP contribution >= 0.6 is 0 Å². The minimum Gasteiger partial charge on any atom is -0.480 e. The van der Waals surface area contributed by atoms with E-state index in [2.05, 4.69) is 17.6 Å². The molecule has 102 valence electrons. The molecular formula is C12H20N2O4. The Bertz CT molecular complexity index is 333. The van der Waals surface area contributed by atoms with E-state index >= 15 is 0 Å². The first-order valence-corrected chi connectivity index (χ1v) is 6.42. The van der Waals surface area contributed by atoms with Crippen molar-refractivity contribution in [2.75, 3.05) is 13.2 Å². The Hall–Kier alpha value is -1.30. The minimum atomic E-state index is -1.17. The average Bonchev–Trinajstić information content (AvgIpc) is 2.28. The lowest BCUT2D eigenvalue weighted by Crippen LogP contribution is -2.61. The van der Waals surface area contributed by atoms with Gasteiger partial charge in [0.05, 0.1) is 0 Å². The third-order valence-electron chi connectivity index (χ3n) is 3.82. The topological polar surface area (TPSA) is 87.7 Å². The second-order valence-electron chi connectivity index (χ2n) is 5.37. The summed E-state index contributed by atoms with van der Waals surface area (Å²) in [5, 5.41) is 14.7. The number of carbonyl (C=O) groups is 2. The summed E-state index contributed by atoms with van der Waals surface area (Å²) in [7, 11) is 0. The number of amides is 2. The summed E-state index contributed by atoms with van der Waals surface area (Å²) >= 11 is 0. The fourth-order valence-corrected chi connectivity index (χ4v) is 2.57. The number of carboxylic acids is 1. The van der Waals surface area contributed by atoms with E-state index in [0.717, 1.165) is 12.8 Å². The van der Waals surface area contributed by atoms with E-state index in [1.165, 1.54) is 0 Å². The maximum atomic E-state index is 11.8. The van der Waals surface area contributed by atoms with Crippen molar-refractivity contribution >= 4 is 12.0 Å². The van der Waals surface area contributed by atoms with Gasteiger partial charge in [0.25, 0.3) is 0 Å². The molecule has 2 aliphatic rings.